The van der Waals surface area contributed by atoms with Crippen LogP contribution in [-0.4, -0.2) is 9.13 Å². The number of para-hydroxylation sites is 5. The van der Waals surface area contributed by atoms with Crippen LogP contribution in [0.25, 0.3) is 121 Å². The van der Waals surface area contributed by atoms with E-state index >= 15 is 0 Å². The molecule has 270 valence electrons. The van der Waals surface area contributed by atoms with E-state index in [0.29, 0.717) is 0 Å². The Kier molecular flexibility index (Phi) is 6.41. The Labute approximate surface area is 332 Å². The minimum atomic E-state index is 0.769. The Morgan fingerprint density at radius 1 is 0.276 bits per heavy atom. The molecule has 0 unspecified atom stereocenters. The smallest absolute Gasteiger partial charge is 0.178 e. The molecule has 0 bridgehead atoms. The van der Waals surface area contributed by atoms with E-state index in [9.17, 15) is 0 Å². The fraction of sp³-hybridized carbons (Fsp3) is 0. The lowest BCUT2D eigenvalue weighted by Gasteiger charge is -2.11. The molecule has 0 aliphatic carbocycles. The van der Waals surface area contributed by atoms with E-state index in [-0.39, 0.29) is 0 Å². The summed E-state index contributed by atoms with van der Waals surface area (Å²) in [4.78, 5) is 0. The average molecular weight is 741 g/mol. The topological polar surface area (TPSA) is 36.1 Å². The molecule has 0 aliphatic rings. The van der Waals surface area contributed by atoms with Crippen molar-refractivity contribution in [2.24, 2.45) is 0 Å². The van der Waals surface area contributed by atoms with E-state index in [1.807, 2.05) is 12.1 Å². The molecular formula is C54H32N2O2. The molecule has 0 spiro atoms. The van der Waals surface area contributed by atoms with Crippen molar-refractivity contribution in [3.63, 3.8) is 0 Å². The summed E-state index contributed by atoms with van der Waals surface area (Å²) in [6, 6.07) is 69.6. The maximum absolute atomic E-state index is 7.02. The third-order valence-electron chi connectivity index (χ3n) is 12.1. The van der Waals surface area contributed by atoms with Crippen molar-refractivity contribution in [2.75, 3.05) is 0 Å². The van der Waals surface area contributed by atoms with Crippen molar-refractivity contribution < 1.29 is 8.83 Å². The molecule has 0 atom stereocenters. The molecule has 13 aromatic rings. The third-order valence-corrected chi connectivity index (χ3v) is 12.1. The van der Waals surface area contributed by atoms with Gasteiger partial charge in [0, 0.05) is 60.0 Å². The van der Waals surface area contributed by atoms with Crippen molar-refractivity contribution in [1.82, 2.24) is 9.13 Å². The molecule has 9 aromatic carbocycles. The monoisotopic (exact) mass is 740 g/mol. The van der Waals surface area contributed by atoms with Gasteiger partial charge in [0.1, 0.15) is 11.2 Å². The van der Waals surface area contributed by atoms with Crippen molar-refractivity contribution in [3.8, 4) is 33.6 Å². The van der Waals surface area contributed by atoms with Gasteiger partial charge < -0.3 is 18.0 Å². The molecule has 4 nitrogen and oxygen atoms in total. The summed E-state index contributed by atoms with van der Waals surface area (Å²) in [6.07, 6.45) is 0. The van der Waals surface area contributed by atoms with Crippen LogP contribution in [0.4, 0.5) is 0 Å². The van der Waals surface area contributed by atoms with Gasteiger partial charge in [0.25, 0.3) is 0 Å². The molecule has 13 rings (SSSR count). The number of benzene rings is 9. The second-order valence-electron chi connectivity index (χ2n) is 15.3. The third kappa shape index (κ3) is 4.40. The van der Waals surface area contributed by atoms with E-state index in [0.717, 1.165) is 83.0 Å². The highest BCUT2D eigenvalue weighted by Gasteiger charge is 2.22. The lowest BCUT2D eigenvalue weighted by Crippen LogP contribution is -1.93. The standard InChI is InChI=1S/C54H32N2O2/c1-3-13-36(14-4-1)55-47-20-10-7-17-38(47)44-29-33(23-27-49(44)55)35-31-43(52-46(32-35)42-26-25-41-40-19-9-12-22-51(40)57-53(41)54(42)58-52)34-24-28-50-45(30-34)39-18-8-11-21-48(39)56(50)37-15-5-2-6-16-37/h1-32H. The van der Waals surface area contributed by atoms with E-state index < -0.39 is 0 Å². The first-order valence-electron chi connectivity index (χ1n) is 19.8. The van der Waals surface area contributed by atoms with Crippen LogP contribution in [0.3, 0.4) is 0 Å². The number of aromatic nitrogens is 2. The van der Waals surface area contributed by atoms with E-state index in [2.05, 4.69) is 191 Å². The van der Waals surface area contributed by atoms with Crippen molar-refractivity contribution in [2.45, 2.75) is 0 Å². The van der Waals surface area contributed by atoms with Crippen molar-refractivity contribution in [3.05, 3.63) is 194 Å². The Balaban J connectivity index is 1.10. The Hall–Kier alpha value is -7.82. The van der Waals surface area contributed by atoms with Crippen LogP contribution in [0, 0.1) is 0 Å². The van der Waals surface area contributed by atoms with Gasteiger partial charge >= 0.3 is 0 Å². The predicted molar refractivity (Wildman–Crippen MR) is 241 cm³/mol. The minimum Gasteiger partial charge on any atom is -0.452 e. The van der Waals surface area contributed by atoms with Gasteiger partial charge in [0.2, 0.25) is 0 Å². The van der Waals surface area contributed by atoms with Gasteiger partial charge in [-0.15, -0.1) is 0 Å². The highest BCUT2D eigenvalue weighted by Crippen LogP contribution is 2.45. The maximum atomic E-state index is 7.02. The Morgan fingerprint density at radius 3 is 1.41 bits per heavy atom. The second-order valence-corrected chi connectivity index (χ2v) is 15.3. The highest BCUT2D eigenvalue weighted by atomic mass is 16.4. The molecule has 4 heteroatoms. The summed E-state index contributed by atoms with van der Waals surface area (Å²) >= 11 is 0. The van der Waals surface area contributed by atoms with Crippen molar-refractivity contribution >= 4 is 87.5 Å². The summed E-state index contributed by atoms with van der Waals surface area (Å²) in [5.41, 5.74) is 14.7. The van der Waals surface area contributed by atoms with Crippen LogP contribution in [-0.2, 0) is 0 Å². The predicted octanol–water partition coefficient (Wildman–Crippen LogP) is 15.0. The molecular weight excluding hydrogens is 709 g/mol. The molecule has 0 N–H and O–H groups in total. The molecule has 0 saturated carbocycles. The molecule has 4 aromatic heterocycles. The summed E-state index contributed by atoms with van der Waals surface area (Å²) in [6.45, 7) is 0. The zero-order valence-electron chi connectivity index (χ0n) is 31.2. The average Bonchev–Trinajstić information content (AvgIpc) is 4.04. The summed E-state index contributed by atoms with van der Waals surface area (Å²) in [5, 5.41) is 9.09. The van der Waals surface area contributed by atoms with Gasteiger partial charge in [-0.1, -0.05) is 103 Å². The first-order chi connectivity index (χ1) is 28.8. The summed E-state index contributed by atoms with van der Waals surface area (Å²) < 4.78 is 18.3. The van der Waals surface area contributed by atoms with Crippen molar-refractivity contribution in [1.29, 1.82) is 0 Å². The first-order valence-corrected chi connectivity index (χ1v) is 19.8. The number of rotatable bonds is 4. The van der Waals surface area contributed by atoms with Crippen LogP contribution in [0.5, 0.6) is 0 Å². The lowest BCUT2D eigenvalue weighted by atomic mass is 9.94. The van der Waals surface area contributed by atoms with Crippen LogP contribution in [0.1, 0.15) is 0 Å². The number of nitrogens with zero attached hydrogens (tertiary/aromatic N) is 2. The van der Waals surface area contributed by atoms with Gasteiger partial charge in [0.15, 0.2) is 11.2 Å². The summed E-state index contributed by atoms with van der Waals surface area (Å²) in [5.74, 6) is 0. The highest BCUT2D eigenvalue weighted by molar-refractivity contribution is 6.21. The Morgan fingerprint density at radius 2 is 0.759 bits per heavy atom. The normalized spacial score (nSPS) is 12.1. The lowest BCUT2D eigenvalue weighted by molar-refractivity contribution is 0.634. The van der Waals surface area contributed by atoms with Gasteiger partial charge in [-0.3, -0.25) is 0 Å². The number of fused-ring (bicyclic) bond motifs is 13. The largest absolute Gasteiger partial charge is 0.452 e. The van der Waals surface area contributed by atoms with Gasteiger partial charge in [-0.05, 0) is 108 Å². The molecule has 0 amide bonds. The fourth-order valence-electron chi connectivity index (χ4n) is 9.50. The van der Waals surface area contributed by atoms with Gasteiger partial charge in [-0.2, -0.15) is 0 Å². The zero-order chi connectivity index (χ0) is 37.9. The Bertz CT molecular complexity index is 3790. The van der Waals surface area contributed by atoms with Gasteiger partial charge in [-0.25, -0.2) is 0 Å². The molecule has 0 fully saturated rings. The van der Waals surface area contributed by atoms with E-state index in [1.54, 1.807) is 0 Å². The van der Waals surface area contributed by atoms with Crippen LogP contribution < -0.4 is 0 Å². The fourth-order valence-corrected chi connectivity index (χ4v) is 9.50. The molecule has 0 radical (unpaired) electrons. The molecule has 0 aliphatic heterocycles. The minimum absolute atomic E-state index is 0.769. The first kappa shape index (κ1) is 31.4. The summed E-state index contributed by atoms with van der Waals surface area (Å²) in [7, 11) is 0. The zero-order valence-corrected chi connectivity index (χ0v) is 31.2. The maximum Gasteiger partial charge on any atom is 0.178 e. The molecule has 0 saturated heterocycles. The quantitative estimate of drug-likeness (QED) is 0.180. The molecule has 58 heavy (non-hydrogen) atoms. The van der Waals surface area contributed by atoms with Crippen LogP contribution in [0.15, 0.2) is 203 Å². The van der Waals surface area contributed by atoms with E-state index in [1.165, 1.54) is 38.1 Å². The number of furan rings is 2. The van der Waals surface area contributed by atoms with Crippen LogP contribution >= 0.6 is 0 Å². The number of hydrogen-bond acceptors (Lipinski definition) is 2. The molecule has 4 heterocycles. The van der Waals surface area contributed by atoms with Crippen LogP contribution in [0.2, 0.25) is 0 Å². The van der Waals surface area contributed by atoms with E-state index in [4.69, 9.17) is 8.83 Å². The SMILES string of the molecule is c1ccc(-n2c3ccccc3c3cc(-c4cc(-c5ccc6c(c5)c5ccccc5n6-c5ccccc5)c5oc6c(ccc7c8ccccc8oc76)c5c4)ccc32)cc1. The number of hydrogen-bond donors (Lipinski definition) is 0. The second kappa shape index (κ2) is 11.8. The van der Waals surface area contributed by atoms with Gasteiger partial charge in [0.05, 0.1) is 22.1 Å².